The van der Waals surface area contributed by atoms with E-state index in [2.05, 4.69) is 35.7 Å². The van der Waals surface area contributed by atoms with Gasteiger partial charge in [-0.2, -0.15) is 0 Å². The summed E-state index contributed by atoms with van der Waals surface area (Å²) >= 11 is 0. The van der Waals surface area contributed by atoms with Crippen molar-refractivity contribution in [3.8, 4) is 11.1 Å². The van der Waals surface area contributed by atoms with Gasteiger partial charge < -0.3 is 4.74 Å². The Morgan fingerprint density at radius 3 is 2.54 bits per heavy atom. The van der Waals surface area contributed by atoms with Crippen LogP contribution in [-0.4, -0.2) is 11.7 Å². The van der Waals surface area contributed by atoms with Gasteiger partial charge in [0.1, 0.15) is 5.60 Å². The average Bonchev–Trinajstić information content (AvgIpc) is 2.53. The Bertz CT molecular complexity index is 767. The molecule has 0 aromatic heterocycles. The summed E-state index contributed by atoms with van der Waals surface area (Å²) in [5, 5.41) is 2.76. The Morgan fingerprint density at radius 2 is 1.83 bits per heavy atom. The Hall–Kier alpha value is -2.55. The van der Waals surface area contributed by atoms with Crippen LogP contribution in [0.4, 0.5) is 10.5 Å². The minimum Gasteiger partial charge on any atom is -0.444 e. The predicted octanol–water partition coefficient (Wildman–Crippen LogP) is 5.66. The van der Waals surface area contributed by atoms with E-state index in [9.17, 15) is 4.79 Å². The van der Waals surface area contributed by atoms with Crippen LogP contribution >= 0.6 is 0 Å². The van der Waals surface area contributed by atoms with Gasteiger partial charge in [0.15, 0.2) is 0 Å². The molecule has 3 heteroatoms. The van der Waals surface area contributed by atoms with Crippen molar-refractivity contribution >= 4 is 17.9 Å². The number of rotatable bonds is 2. The van der Waals surface area contributed by atoms with Crippen LogP contribution in [0, 0.1) is 0 Å². The van der Waals surface area contributed by atoms with Crippen molar-refractivity contribution in [1.82, 2.24) is 0 Å². The average molecular weight is 321 g/mol. The van der Waals surface area contributed by atoms with Crippen molar-refractivity contribution < 1.29 is 9.53 Å². The van der Waals surface area contributed by atoms with Gasteiger partial charge in [0, 0.05) is 5.69 Å². The first-order valence-corrected chi connectivity index (χ1v) is 8.31. The Kier molecular flexibility index (Phi) is 4.43. The highest BCUT2D eigenvalue weighted by Crippen LogP contribution is 2.31. The molecule has 2 aromatic carbocycles. The molecular weight excluding hydrogens is 298 g/mol. The standard InChI is InChI=1S/C21H23NO2/c1-21(2,3)24-20(23)22-17-13-11-16(12-14-17)19-10-6-8-15-7-4-5-9-18(15)19/h5-6,8-14H,4,7H2,1-3H3,(H,22,23). The Labute approximate surface area is 143 Å². The highest BCUT2D eigenvalue weighted by atomic mass is 16.6. The number of nitrogens with one attached hydrogen (secondary N) is 1. The molecule has 0 saturated heterocycles. The molecule has 1 amide bonds. The third-order valence-corrected chi connectivity index (χ3v) is 3.90. The number of carbonyl (C=O) groups excluding carboxylic acids is 1. The number of carbonyl (C=O) groups is 1. The van der Waals surface area contributed by atoms with Gasteiger partial charge in [-0.15, -0.1) is 0 Å². The molecule has 3 nitrogen and oxygen atoms in total. The lowest BCUT2D eigenvalue weighted by Crippen LogP contribution is -2.27. The first-order valence-electron chi connectivity index (χ1n) is 8.31. The summed E-state index contributed by atoms with van der Waals surface area (Å²) in [6.07, 6.45) is 6.20. The van der Waals surface area contributed by atoms with Gasteiger partial charge in [0.25, 0.3) is 0 Å². The van der Waals surface area contributed by atoms with E-state index in [1.54, 1.807) is 0 Å². The highest BCUT2D eigenvalue weighted by Gasteiger charge is 2.16. The molecule has 0 saturated carbocycles. The maximum absolute atomic E-state index is 11.8. The number of hydrogen-bond donors (Lipinski definition) is 1. The van der Waals surface area contributed by atoms with Crippen molar-refractivity contribution in [2.75, 3.05) is 5.32 Å². The quantitative estimate of drug-likeness (QED) is 0.775. The summed E-state index contributed by atoms with van der Waals surface area (Å²) in [6.45, 7) is 5.55. The van der Waals surface area contributed by atoms with E-state index in [0.29, 0.717) is 0 Å². The molecule has 1 aliphatic carbocycles. The van der Waals surface area contributed by atoms with Crippen LogP contribution < -0.4 is 5.32 Å². The fourth-order valence-corrected chi connectivity index (χ4v) is 2.87. The van der Waals surface area contributed by atoms with Gasteiger partial charge in [0.05, 0.1) is 0 Å². The maximum atomic E-state index is 11.8. The topological polar surface area (TPSA) is 38.3 Å². The number of ether oxygens (including phenoxy) is 1. The van der Waals surface area contributed by atoms with Gasteiger partial charge in [-0.25, -0.2) is 4.79 Å². The van der Waals surface area contributed by atoms with Crippen molar-refractivity contribution in [3.63, 3.8) is 0 Å². The van der Waals surface area contributed by atoms with Crippen molar-refractivity contribution in [3.05, 3.63) is 59.7 Å². The van der Waals surface area contributed by atoms with Gasteiger partial charge in [-0.1, -0.05) is 42.5 Å². The fourth-order valence-electron chi connectivity index (χ4n) is 2.87. The van der Waals surface area contributed by atoms with Crippen LogP contribution in [0.2, 0.25) is 0 Å². The lowest BCUT2D eigenvalue weighted by atomic mass is 9.90. The van der Waals surface area contributed by atoms with Crippen molar-refractivity contribution in [2.24, 2.45) is 0 Å². The van der Waals surface area contributed by atoms with Crippen LogP contribution in [0.3, 0.4) is 0 Å². The van der Waals surface area contributed by atoms with Gasteiger partial charge in [-0.3, -0.25) is 5.32 Å². The number of amides is 1. The fraction of sp³-hybridized carbons (Fsp3) is 0.286. The molecule has 124 valence electrons. The molecule has 3 rings (SSSR count). The molecule has 0 spiro atoms. The molecule has 0 atom stereocenters. The van der Waals surface area contributed by atoms with Crippen molar-refractivity contribution in [2.45, 2.75) is 39.2 Å². The molecule has 24 heavy (non-hydrogen) atoms. The van der Waals surface area contributed by atoms with Gasteiger partial charge in [0.2, 0.25) is 0 Å². The molecule has 0 aliphatic heterocycles. The Balaban J connectivity index is 1.79. The second-order valence-electron chi connectivity index (χ2n) is 7.02. The molecule has 0 bridgehead atoms. The third kappa shape index (κ3) is 3.85. The smallest absolute Gasteiger partial charge is 0.412 e. The van der Waals surface area contributed by atoms with Crippen LogP contribution in [0.15, 0.2) is 48.5 Å². The molecule has 1 aliphatic rings. The lowest BCUT2D eigenvalue weighted by molar-refractivity contribution is 0.0636. The van der Waals surface area contributed by atoms with Crippen LogP contribution in [0.1, 0.15) is 38.3 Å². The molecule has 0 unspecified atom stereocenters. The van der Waals surface area contributed by atoms with Crippen LogP contribution in [-0.2, 0) is 11.2 Å². The van der Waals surface area contributed by atoms with Gasteiger partial charge >= 0.3 is 6.09 Å². The second-order valence-corrected chi connectivity index (χ2v) is 7.02. The lowest BCUT2D eigenvalue weighted by Gasteiger charge is -2.20. The summed E-state index contributed by atoms with van der Waals surface area (Å²) in [5.74, 6) is 0. The molecular formula is C21H23NO2. The number of benzene rings is 2. The predicted molar refractivity (Wildman–Crippen MR) is 99.1 cm³/mol. The minimum atomic E-state index is -0.501. The highest BCUT2D eigenvalue weighted by molar-refractivity contribution is 5.86. The largest absolute Gasteiger partial charge is 0.444 e. The maximum Gasteiger partial charge on any atom is 0.412 e. The molecule has 2 aromatic rings. The Morgan fingerprint density at radius 1 is 1.08 bits per heavy atom. The molecule has 1 N–H and O–H groups in total. The zero-order valence-corrected chi connectivity index (χ0v) is 14.4. The van der Waals surface area contributed by atoms with Crippen LogP contribution in [0.25, 0.3) is 17.2 Å². The molecule has 0 radical (unpaired) electrons. The normalized spacial score (nSPS) is 13.3. The second kappa shape index (κ2) is 6.52. The van der Waals surface area contributed by atoms with Gasteiger partial charge in [-0.05, 0) is 68.0 Å². The van der Waals surface area contributed by atoms with Crippen LogP contribution in [0.5, 0.6) is 0 Å². The van der Waals surface area contributed by atoms with E-state index < -0.39 is 11.7 Å². The summed E-state index contributed by atoms with van der Waals surface area (Å²) in [6, 6.07) is 14.3. The van der Waals surface area contributed by atoms with E-state index in [1.165, 1.54) is 16.7 Å². The van der Waals surface area contributed by atoms with Crippen molar-refractivity contribution in [1.29, 1.82) is 0 Å². The number of anilines is 1. The summed E-state index contributed by atoms with van der Waals surface area (Å²) < 4.78 is 5.27. The SMILES string of the molecule is CC(C)(C)OC(=O)Nc1ccc(-c2cccc3c2C=CCC3)cc1. The number of fused-ring (bicyclic) bond motifs is 1. The molecule has 0 heterocycles. The summed E-state index contributed by atoms with van der Waals surface area (Å²) in [5.41, 5.74) is 5.30. The molecule has 0 fully saturated rings. The first-order chi connectivity index (χ1) is 11.4. The van der Waals surface area contributed by atoms with E-state index in [1.807, 2.05) is 45.0 Å². The number of aryl methyl sites for hydroxylation is 1. The number of hydrogen-bond acceptors (Lipinski definition) is 2. The summed E-state index contributed by atoms with van der Waals surface area (Å²) in [7, 11) is 0. The first kappa shape index (κ1) is 16.3. The van der Waals surface area contributed by atoms with E-state index >= 15 is 0 Å². The zero-order chi connectivity index (χ0) is 17.2. The number of allylic oxidation sites excluding steroid dienone is 1. The van der Waals surface area contributed by atoms with E-state index in [0.717, 1.165) is 24.1 Å². The van der Waals surface area contributed by atoms with E-state index in [4.69, 9.17) is 4.74 Å². The van der Waals surface area contributed by atoms with E-state index in [-0.39, 0.29) is 0 Å². The zero-order valence-electron chi connectivity index (χ0n) is 14.4. The minimum absolute atomic E-state index is 0.435. The summed E-state index contributed by atoms with van der Waals surface area (Å²) in [4.78, 5) is 11.8. The monoisotopic (exact) mass is 321 g/mol. The third-order valence-electron chi connectivity index (χ3n) is 3.90.